The maximum atomic E-state index is 4.52. The predicted octanol–water partition coefficient (Wildman–Crippen LogP) is 3.12. The normalized spacial score (nSPS) is 12.5. The van der Waals surface area contributed by atoms with Gasteiger partial charge in [0, 0.05) is 24.2 Å². The van der Waals surface area contributed by atoms with Gasteiger partial charge in [0.1, 0.15) is 11.6 Å². The Balaban J connectivity index is 2.84. The molecule has 0 aliphatic rings. The van der Waals surface area contributed by atoms with E-state index >= 15 is 0 Å². The number of nitrogens with zero attached hydrogens (tertiary/aromatic N) is 2. The Morgan fingerprint density at radius 2 is 2.07 bits per heavy atom. The van der Waals surface area contributed by atoms with E-state index in [0.29, 0.717) is 5.92 Å². The van der Waals surface area contributed by atoms with Crippen LogP contribution in [0.4, 0.5) is 5.82 Å². The third-order valence-electron chi connectivity index (χ3n) is 2.48. The maximum Gasteiger partial charge on any atom is 0.133 e. The lowest BCUT2D eigenvalue weighted by Crippen LogP contribution is -2.07. The first-order valence-electron chi connectivity index (χ1n) is 5.76. The largest absolute Gasteiger partial charge is 0.370 e. The summed E-state index contributed by atoms with van der Waals surface area (Å²) >= 11 is 0. The molecule has 0 radical (unpaired) electrons. The van der Waals surface area contributed by atoms with E-state index in [9.17, 15) is 0 Å². The van der Waals surface area contributed by atoms with Crippen molar-refractivity contribution in [1.82, 2.24) is 9.97 Å². The molecule has 15 heavy (non-hydrogen) atoms. The summed E-state index contributed by atoms with van der Waals surface area (Å²) < 4.78 is 0. The molecular weight excluding hydrogens is 186 g/mol. The average molecular weight is 207 g/mol. The van der Waals surface area contributed by atoms with E-state index in [1.165, 1.54) is 0 Å². The molecule has 0 saturated heterocycles. The van der Waals surface area contributed by atoms with Crippen LogP contribution in [0.3, 0.4) is 0 Å². The van der Waals surface area contributed by atoms with Gasteiger partial charge in [-0.25, -0.2) is 9.97 Å². The molecule has 1 N–H and O–H groups in total. The molecule has 1 unspecified atom stereocenters. The molecule has 0 saturated carbocycles. The number of hydrogen-bond donors (Lipinski definition) is 1. The zero-order valence-corrected chi connectivity index (χ0v) is 10.2. The van der Waals surface area contributed by atoms with Gasteiger partial charge in [-0.3, -0.25) is 0 Å². The van der Waals surface area contributed by atoms with Crippen molar-refractivity contribution in [3.63, 3.8) is 0 Å². The van der Waals surface area contributed by atoms with Crippen LogP contribution in [-0.2, 0) is 0 Å². The number of rotatable bonds is 5. The maximum absolute atomic E-state index is 4.52. The number of hydrogen-bond acceptors (Lipinski definition) is 3. The van der Waals surface area contributed by atoms with Crippen LogP contribution in [0.15, 0.2) is 6.07 Å². The van der Waals surface area contributed by atoms with Gasteiger partial charge in [0.2, 0.25) is 0 Å². The lowest BCUT2D eigenvalue weighted by atomic mass is 10.1. The van der Waals surface area contributed by atoms with E-state index in [1.54, 1.807) is 0 Å². The highest BCUT2D eigenvalue weighted by Gasteiger charge is 2.08. The molecule has 3 nitrogen and oxygen atoms in total. The second-order valence-corrected chi connectivity index (χ2v) is 3.99. The van der Waals surface area contributed by atoms with Gasteiger partial charge in [0.25, 0.3) is 0 Å². The highest BCUT2D eigenvalue weighted by molar-refractivity contribution is 5.36. The summed E-state index contributed by atoms with van der Waals surface area (Å²) in [6.45, 7) is 9.46. The van der Waals surface area contributed by atoms with Crippen LogP contribution in [-0.4, -0.2) is 16.5 Å². The fraction of sp³-hybridized carbons (Fsp3) is 0.667. The molecular formula is C12H21N3. The van der Waals surface area contributed by atoms with Crippen molar-refractivity contribution in [3.05, 3.63) is 17.6 Å². The molecule has 0 aromatic carbocycles. The fourth-order valence-corrected chi connectivity index (χ4v) is 1.34. The monoisotopic (exact) mass is 207 g/mol. The molecule has 3 heteroatoms. The smallest absolute Gasteiger partial charge is 0.133 e. The Kier molecular flexibility index (Phi) is 4.53. The van der Waals surface area contributed by atoms with Crippen molar-refractivity contribution < 1.29 is 0 Å². The van der Waals surface area contributed by atoms with Crippen molar-refractivity contribution in [2.45, 2.75) is 46.5 Å². The molecule has 0 aliphatic carbocycles. The molecule has 0 amide bonds. The Labute approximate surface area is 92.3 Å². The molecule has 1 heterocycles. The third kappa shape index (κ3) is 3.50. The molecule has 0 bridgehead atoms. The van der Waals surface area contributed by atoms with Crippen molar-refractivity contribution in [1.29, 1.82) is 0 Å². The van der Waals surface area contributed by atoms with Crippen LogP contribution in [0, 0.1) is 6.92 Å². The van der Waals surface area contributed by atoms with Gasteiger partial charge in [-0.2, -0.15) is 0 Å². The first-order valence-corrected chi connectivity index (χ1v) is 5.76. The van der Waals surface area contributed by atoms with Gasteiger partial charge in [-0.15, -0.1) is 0 Å². The highest BCUT2D eigenvalue weighted by atomic mass is 15.0. The van der Waals surface area contributed by atoms with Crippen molar-refractivity contribution in [2.75, 3.05) is 11.9 Å². The minimum atomic E-state index is 0.437. The second-order valence-electron chi connectivity index (χ2n) is 3.99. The van der Waals surface area contributed by atoms with Crippen molar-refractivity contribution in [2.24, 2.45) is 0 Å². The summed E-state index contributed by atoms with van der Waals surface area (Å²) in [6.07, 6.45) is 2.19. The van der Waals surface area contributed by atoms with E-state index in [4.69, 9.17) is 0 Å². The minimum Gasteiger partial charge on any atom is -0.370 e. The van der Waals surface area contributed by atoms with Gasteiger partial charge in [-0.05, 0) is 19.8 Å². The van der Waals surface area contributed by atoms with Crippen LogP contribution >= 0.6 is 0 Å². The lowest BCUT2D eigenvalue weighted by Gasteiger charge is -2.11. The lowest BCUT2D eigenvalue weighted by molar-refractivity contribution is 0.675. The van der Waals surface area contributed by atoms with E-state index in [1.807, 2.05) is 13.0 Å². The minimum absolute atomic E-state index is 0.437. The SMILES string of the molecule is CCCNc1cc(C)nc(C(C)CC)n1. The van der Waals surface area contributed by atoms with Crippen LogP contribution in [0.1, 0.15) is 51.0 Å². The number of nitrogens with one attached hydrogen (secondary N) is 1. The summed E-state index contributed by atoms with van der Waals surface area (Å²) in [5.41, 5.74) is 1.04. The summed E-state index contributed by atoms with van der Waals surface area (Å²) in [4.78, 5) is 8.98. The fourth-order valence-electron chi connectivity index (χ4n) is 1.34. The number of aromatic nitrogens is 2. The Bertz CT molecular complexity index is 310. The topological polar surface area (TPSA) is 37.8 Å². The molecule has 0 fully saturated rings. The Morgan fingerprint density at radius 3 is 2.67 bits per heavy atom. The van der Waals surface area contributed by atoms with Gasteiger partial charge in [0.15, 0.2) is 0 Å². The third-order valence-corrected chi connectivity index (χ3v) is 2.48. The summed E-state index contributed by atoms with van der Waals surface area (Å²) in [5, 5.41) is 3.30. The van der Waals surface area contributed by atoms with Crippen molar-refractivity contribution >= 4 is 5.82 Å². The first kappa shape index (κ1) is 12.0. The molecule has 1 aromatic heterocycles. The number of aryl methyl sites for hydroxylation is 1. The average Bonchev–Trinajstić information content (AvgIpc) is 2.24. The Morgan fingerprint density at radius 1 is 1.33 bits per heavy atom. The van der Waals surface area contributed by atoms with E-state index < -0.39 is 0 Å². The van der Waals surface area contributed by atoms with E-state index in [0.717, 1.165) is 36.7 Å². The van der Waals surface area contributed by atoms with Crippen LogP contribution in [0.25, 0.3) is 0 Å². The van der Waals surface area contributed by atoms with Crippen LogP contribution < -0.4 is 5.32 Å². The summed E-state index contributed by atoms with van der Waals surface area (Å²) in [7, 11) is 0. The van der Waals surface area contributed by atoms with Gasteiger partial charge in [-0.1, -0.05) is 20.8 Å². The van der Waals surface area contributed by atoms with E-state index in [-0.39, 0.29) is 0 Å². The zero-order chi connectivity index (χ0) is 11.3. The van der Waals surface area contributed by atoms with Gasteiger partial charge in [0.05, 0.1) is 0 Å². The van der Waals surface area contributed by atoms with Gasteiger partial charge < -0.3 is 5.32 Å². The quantitative estimate of drug-likeness (QED) is 0.806. The molecule has 84 valence electrons. The predicted molar refractivity (Wildman–Crippen MR) is 64.3 cm³/mol. The molecule has 1 atom stereocenters. The standard InChI is InChI=1S/C12H21N3/c1-5-7-13-11-8-10(4)14-12(15-11)9(3)6-2/h8-9H,5-7H2,1-4H3,(H,13,14,15). The second kappa shape index (κ2) is 5.69. The zero-order valence-electron chi connectivity index (χ0n) is 10.2. The number of anilines is 1. The Hall–Kier alpha value is -1.12. The van der Waals surface area contributed by atoms with E-state index in [2.05, 4.69) is 36.1 Å². The first-order chi connectivity index (χ1) is 7.17. The van der Waals surface area contributed by atoms with Gasteiger partial charge >= 0.3 is 0 Å². The van der Waals surface area contributed by atoms with Crippen LogP contribution in [0.5, 0.6) is 0 Å². The molecule has 1 rings (SSSR count). The van der Waals surface area contributed by atoms with Crippen LogP contribution in [0.2, 0.25) is 0 Å². The highest BCUT2D eigenvalue weighted by Crippen LogP contribution is 2.16. The summed E-state index contributed by atoms with van der Waals surface area (Å²) in [6, 6.07) is 2.00. The summed E-state index contributed by atoms with van der Waals surface area (Å²) in [5.74, 6) is 2.35. The molecule has 1 aromatic rings. The molecule has 0 aliphatic heterocycles. The van der Waals surface area contributed by atoms with Crippen molar-refractivity contribution in [3.8, 4) is 0 Å². The molecule has 0 spiro atoms.